The topological polar surface area (TPSA) is 63.7 Å². The van der Waals surface area contributed by atoms with Crippen molar-refractivity contribution in [1.29, 1.82) is 0 Å². The van der Waals surface area contributed by atoms with Gasteiger partial charge in [0.05, 0.1) is 6.26 Å². The second kappa shape index (κ2) is 8.02. The van der Waals surface area contributed by atoms with E-state index in [1.165, 1.54) is 0 Å². The summed E-state index contributed by atoms with van der Waals surface area (Å²) in [5, 5.41) is 2.10. The molecule has 0 aromatic heterocycles. The smallest absolute Gasteiger partial charge is 0.306 e. The van der Waals surface area contributed by atoms with E-state index >= 15 is 0 Å². The molecule has 28 heavy (non-hydrogen) atoms. The summed E-state index contributed by atoms with van der Waals surface area (Å²) in [7, 11) is -3.60. The Balaban J connectivity index is 1.86. The zero-order valence-corrected chi connectivity index (χ0v) is 16.9. The number of nitrogens with zero attached hydrogens (tertiary/aromatic N) is 1. The molecule has 146 valence electrons. The van der Waals surface area contributed by atoms with E-state index in [0.29, 0.717) is 12.1 Å². The van der Waals surface area contributed by atoms with E-state index in [-0.39, 0.29) is 17.7 Å². The maximum absolute atomic E-state index is 13.1. The minimum absolute atomic E-state index is 0.0292. The van der Waals surface area contributed by atoms with Gasteiger partial charge in [-0.1, -0.05) is 42.5 Å². The Hall–Kier alpha value is -2.86. The third-order valence-electron chi connectivity index (χ3n) is 4.38. The highest BCUT2D eigenvalue weighted by molar-refractivity contribution is 7.86. The predicted molar refractivity (Wildman–Crippen MR) is 111 cm³/mol. The van der Waals surface area contributed by atoms with Crippen LogP contribution in [-0.4, -0.2) is 31.5 Å². The Kier molecular flexibility index (Phi) is 5.70. The van der Waals surface area contributed by atoms with Gasteiger partial charge < -0.3 is 9.08 Å². The molecule has 0 saturated carbocycles. The van der Waals surface area contributed by atoms with Crippen molar-refractivity contribution in [3.8, 4) is 5.75 Å². The highest BCUT2D eigenvalue weighted by atomic mass is 32.2. The molecule has 0 spiro atoms. The first kappa shape index (κ1) is 19.9. The molecule has 0 aliphatic rings. The molecule has 3 aromatic rings. The van der Waals surface area contributed by atoms with Gasteiger partial charge in [-0.05, 0) is 54.4 Å². The number of benzene rings is 3. The summed E-state index contributed by atoms with van der Waals surface area (Å²) in [5.41, 5.74) is 1.42. The van der Waals surface area contributed by atoms with Crippen LogP contribution in [0, 0.1) is 0 Å². The van der Waals surface area contributed by atoms with E-state index in [9.17, 15) is 13.2 Å². The first-order valence-corrected chi connectivity index (χ1v) is 10.8. The Morgan fingerprint density at radius 1 is 0.964 bits per heavy atom. The fourth-order valence-corrected chi connectivity index (χ4v) is 3.50. The lowest BCUT2D eigenvalue weighted by atomic mass is 10.1. The Bertz CT molecular complexity index is 1110. The molecule has 0 saturated heterocycles. The molecule has 5 nitrogen and oxygen atoms in total. The molecule has 0 bridgehead atoms. The fourth-order valence-electron chi connectivity index (χ4n) is 3.04. The second-order valence-corrected chi connectivity index (χ2v) is 8.60. The van der Waals surface area contributed by atoms with Crippen molar-refractivity contribution in [2.75, 3.05) is 6.26 Å². The van der Waals surface area contributed by atoms with Gasteiger partial charge in [-0.2, -0.15) is 8.42 Å². The maximum atomic E-state index is 13.1. The van der Waals surface area contributed by atoms with Crippen molar-refractivity contribution < 1.29 is 17.4 Å². The number of hydrogen-bond acceptors (Lipinski definition) is 4. The fraction of sp³-hybridized carbons (Fsp3) is 0.227. The van der Waals surface area contributed by atoms with E-state index < -0.39 is 10.1 Å². The number of fused-ring (bicyclic) bond motifs is 1. The Morgan fingerprint density at radius 3 is 2.36 bits per heavy atom. The molecule has 0 fully saturated rings. The zero-order chi connectivity index (χ0) is 20.3. The van der Waals surface area contributed by atoms with Crippen molar-refractivity contribution in [2.45, 2.75) is 26.4 Å². The summed E-state index contributed by atoms with van der Waals surface area (Å²) in [6.07, 6.45) is 1.00. The molecule has 0 aliphatic heterocycles. The Labute approximate surface area is 165 Å². The van der Waals surface area contributed by atoms with Crippen molar-refractivity contribution in [2.24, 2.45) is 0 Å². The third-order valence-corrected chi connectivity index (χ3v) is 4.87. The molecule has 0 heterocycles. The molecule has 0 atom stereocenters. The Morgan fingerprint density at radius 2 is 1.68 bits per heavy atom. The molecule has 3 aromatic carbocycles. The number of hydrogen-bond donors (Lipinski definition) is 0. The van der Waals surface area contributed by atoms with E-state index in [2.05, 4.69) is 0 Å². The molecule has 0 N–H and O–H groups in total. The first-order chi connectivity index (χ1) is 13.2. The van der Waals surface area contributed by atoms with Crippen molar-refractivity contribution in [3.05, 3.63) is 77.9 Å². The highest BCUT2D eigenvalue weighted by Gasteiger charge is 2.20. The summed E-state index contributed by atoms with van der Waals surface area (Å²) in [4.78, 5) is 14.9. The van der Waals surface area contributed by atoms with Gasteiger partial charge in [-0.25, -0.2) is 0 Å². The maximum Gasteiger partial charge on any atom is 0.306 e. The number of rotatable bonds is 6. The van der Waals surface area contributed by atoms with Crippen LogP contribution in [0.4, 0.5) is 0 Å². The van der Waals surface area contributed by atoms with Crippen molar-refractivity contribution in [1.82, 2.24) is 4.90 Å². The lowest BCUT2D eigenvalue weighted by Crippen LogP contribution is -2.36. The van der Waals surface area contributed by atoms with Crippen LogP contribution in [0.15, 0.2) is 66.7 Å². The number of carbonyl (C=O) groups excluding carboxylic acids is 1. The van der Waals surface area contributed by atoms with Crippen LogP contribution >= 0.6 is 0 Å². The zero-order valence-electron chi connectivity index (χ0n) is 16.1. The molecule has 0 unspecified atom stereocenters. The molecular formula is C22H23NO4S. The normalized spacial score (nSPS) is 11.6. The minimum Gasteiger partial charge on any atom is -0.383 e. The standard InChI is InChI=1S/C22H23NO4S/c1-16(2)23(15-17-7-6-10-21(13-17)27-28(3,25)26)22(24)20-12-11-18-8-4-5-9-19(18)14-20/h4-14,16H,15H2,1-3H3. The lowest BCUT2D eigenvalue weighted by Gasteiger charge is -2.27. The van der Waals surface area contributed by atoms with Crippen LogP contribution in [0.2, 0.25) is 0 Å². The van der Waals surface area contributed by atoms with Gasteiger partial charge in [0.15, 0.2) is 0 Å². The third kappa shape index (κ3) is 4.89. The summed E-state index contributed by atoms with van der Waals surface area (Å²) >= 11 is 0. The molecule has 0 radical (unpaired) electrons. The number of carbonyl (C=O) groups is 1. The van der Waals surface area contributed by atoms with Gasteiger partial charge >= 0.3 is 10.1 Å². The van der Waals surface area contributed by atoms with Gasteiger partial charge in [0.2, 0.25) is 0 Å². The molecule has 1 amide bonds. The summed E-state index contributed by atoms with van der Waals surface area (Å²) in [6, 6.07) is 20.3. The monoisotopic (exact) mass is 397 g/mol. The number of amides is 1. The molecular weight excluding hydrogens is 374 g/mol. The first-order valence-electron chi connectivity index (χ1n) is 9.01. The summed E-state index contributed by atoms with van der Waals surface area (Å²) in [6.45, 7) is 4.26. The van der Waals surface area contributed by atoms with Gasteiger partial charge in [0.1, 0.15) is 5.75 Å². The minimum atomic E-state index is -3.60. The van der Waals surface area contributed by atoms with Crippen LogP contribution in [0.25, 0.3) is 10.8 Å². The van der Waals surface area contributed by atoms with E-state index in [0.717, 1.165) is 22.6 Å². The van der Waals surface area contributed by atoms with E-state index in [4.69, 9.17) is 4.18 Å². The van der Waals surface area contributed by atoms with Crippen LogP contribution in [0.1, 0.15) is 29.8 Å². The molecule has 0 aliphatic carbocycles. The van der Waals surface area contributed by atoms with Gasteiger partial charge in [-0.15, -0.1) is 0 Å². The van der Waals surface area contributed by atoms with Crippen LogP contribution in [0.3, 0.4) is 0 Å². The largest absolute Gasteiger partial charge is 0.383 e. The molecule has 3 rings (SSSR count). The van der Waals surface area contributed by atoms with Gasteiger partial charge in [0, 0.05) is 18.2 Å². The molecule has 6 heteroatoms. The van der Waals surface area contributed by atoms with Crippen LogP contribution in [0.5, 0.6) is 5.75 Å². The average molecular weight is 397 g/mol. The quantitative estimate of drug-likeness (QED) is 0.584. The van der Waals surface area contributed by atoms with E-state index in [1.54, 1.807) is 23.1 Å². The summed E-state index contributed by atoms with van der Waals surface area (Å²) in [5.74, 6) is 0.164. The van der Waals surface area contributed by atoms with Crippen LogP contribution < -0.4 is 4.18 Å². The van der Waals surface area contributed by atoms with Crippen LogP contribution in [-0.2, 0) is 16.7 Å². The second-order valence-electron chi connectivity index (χ2n) is 7.02. The SMILES string of the molecule is CC(C)N(Cc1cccc(OS(C)(=O)=O)c1)C(=O)c1ccc2ccccc2c1. The van der Waals surface area contributed by atoms with Crippen molar-refractivity contribution >= 4 is 26.8 Å². The predicted octanol–water partition coefficient (Wildman–Crippen LogP) is 4.23. The van der Waals surface area contributed by atoms with Crippen molar-refractivity contribution in [3.63, 3.8) is 0 Å². The van der Waals surface area contributed by atoms with Gasteiger partial charge in [-0.3, -0.25) is 4.79 Å². The lowest BCUT2D eigenvalue weighted by molar-refractivity contribution is 0.0690. The highest BCUT2D eigenvalue weighted by Crippen LogP contribution is 2.21. The van der Waals surface area contributed by atoms with E-state index in [1.807, 2.05) is 62.4 Å². The van der Waals surface area contributed by atoms with Gasteiger partial charge in [0.25, 0.3) is 5.91 Å². The summed E-state index contributed by atoms with van der Waals surface area (Å²) < 4.78 is 27.7. The average Bonchev–Trinajstić information content (AvgIpc) is 2.64.